The molecule has 1 aliphatic carbocycles. The number of carbonyl (C=O) groups is 1. The summed E-state index contributed by atoms with van der Waals surface area (Å²) in [5, 5.41) is 11.3. The smallest absolute Gasteiger partial charge is 0.247 e. The number of aromatic nitrogens is 2. The highest BCUT2D eigenvalue weighted by molar-refractivity contribution is 5.76. The number of hydrogen-bond acceptors (Lipinski definition) is 4. The van der Waals surface area contributed by atoms with Crippen molar-refractivity contribution in [1.82, 2.24) is 15.5 Å². The third kappa shape index (κ3) is 3.98. The van der Waals surface area contributed by atoms with Crippen molar-refractivity contribution >= 4 is 5.91 Å². The minimum absolute atomic E-state index is 0.0253. The van der Waals surface area contributed by atoms with E-state index in [0.717, 1.165) is 18.4 Å². The van der Waals surface area contributed by atoms with Gasteiger partial charge in [-0.05, 0) is 37.5 Å². The van der Waals surface area contributed by atoms with Gasteiger partial charge in [0.1, 0.15) is 0 Å². The Morgan fingerprint density at radius 2 is 1.82 bits per heavy atom. The van der Waals surface area contributed by atoms with Gasteiger partial charge in [0.05, 0.1) is 0 Å². The van der Waals surface area contributed by atoms with Crippen molar-refractivity contribution in [3.63, 3.8) is 0 Å². The molecular weight excluding hydrogens is 350 g/mol. The summed E-state index contributed by atoms with van der Waals surface area (Å²) >= 11 is 0. The van der Waals surface area contributed by atoms with Crippen molar-refractivity contribution in [2.75, 3.05) is 6.54 Å². The van der Waals surface area contributed by atoms with Gasteiger partial charge in [-0.25, -0.2) is 0 Å². The Labute approximate surface area is 165 Å². The highest BCUT2D eigenvalue weighted by Gasteiger charge is 2.38. The summed E-state index contributed by atoms with van der Waals surface area (Å²) < 4.78 is 5.70. The van der Waals surface area contributed by atoms with Crippen molar-refractivity contribution in [2.24, 2.45) is 0 Å². The van der Waals surface area contributed by atoms with Crippen LogP contribution in [0.15, 0.2) is 59.0 Å². The van der Waals surface area contributed by atoms with Gasteiger partial charge in [-0.15, -0.1) is 10.2 Å². The van der Waals surface area contributed by atoms with E-state index < -0.39 is 0 Å². The molecule has 28 heavy (non-hydrogen) atoms. The van der Waals surface area contributed by atoms with Gasteiger partial charge in [0, 0.05) is 30.4 Å². The molecule has 0 atom stereocenters. The van der Waals surface area contributed by atoms with Crippen LogP contribution in [0.2, 0.25) is 0 Å². The van der Waals surface area contributed by atoms with Crippen LogP contribution in [0.5, 0.6) is 0 Å². The van der Waals surface area contributed by atoms with E-state index in [-0.39, 0.29) is 11.3 Å². The van der Waals surface area contributed by atoms with E-state index in [0.29, 0.717) is 31.2 Å². The minimum Gasteiger partial charge on any atom is -0.421 e. The number of carbonyl (C=O) groups excluding carboxylic acids is 1. The highest BCUT2D eigenvalue weighted by atomic mass is 16.4. The number of nitrogens with zero attached hydrogens (tertiary/aromatic N) is 2. The lowest BCUT2D eigenvalue weighted by Crippen LogP contribution is -2.45. The predicted molar refractivity (Wildman–Crippen MR) is 108 cm³/mol. The molecule has 3 aromatic rings. The van der Waals surface area contributed by atoms with Crippen LogP contribution >= 0.6 is 0 Å². The molecule has 1 heterocycles. The first-order chi connectivity index (χ1) is 13.6. The van der Waals surface area contributed by atoms with Crippen LogP contribution in [0.1, 0.15) is 42.7 Å². The Kier molecular flexibility index (Phi) is 5.24. The monoisotopic (exact) mass is 375 g/mol. The molecule has 1 aromatic heterocycles. The summed E-state index contributed by atoms with van der Waals surface area (Å²) in [6.07, 6.45) is 4.26. The van der Waals surface area contributed by atoms with Crippen LogP contribution in [-0.2, 0) is 16.6 Å². The second-order valence-electron chi connectivity index (χ2n) is 7.64. The number of aryl methyl sites for hydroxylation is 2. The predicted octanol–water partition coefficient (Wildman–Crippen LogP) is 4.22. The molecule has 1 saturated carbocycles. The molecule has 5 heteroatoms. The van der Waals surface area contributed by atoms with Crippen LogP contribution in [0, 0.1) is 6.92 Å². The molecule has 1 N–H and O–H groups in total. The van der Waals surface area contributed by atoms with E-state index in [4.69, 9.17) is 4.42 Å². The second kappa shape index (κ2) is 7.97. The minimum atomic E-state index is 0.0253. The van der Waals surface area contributed by atoms with E-state index in [1.807, 2.05) is 37.3 Å². The lowest BCUT2D eigenvalue weighted by molar-refractivity contribution is -0.121. The van der Waals surface area contributed by atoms with Crippen LogP contribution in [0.25, 0.3) is 11.5 Å². The lowest BCUT2D eigenvalue weighted by Gasteiger charge is -2.42. The molecule has 0 radical (unpaired) electrons. The maximum Gasteiger partial charge on any atom is 0.247 e. The summed E-state index contributed by atoms with van der Waals surface area (Å²) in [5.41, 5.74) is 3.49. The molecule has 0 unspecified atom stereocenters. The molecule has 2 aromatic carbocycles. The van der Waals surface area contributed by atoms with Crippen LogP contribution < -0.4 is 5.32 Å². The van der Waals surface area contributed by atoms with Crippen molar-refractivity contribution in [2.45, 2.75) is 44.4 Å². The Morgan fingerprint density at radius 3 is 2.50 bits per heavy atom. The van der Waals surface area contributed by atoms with E-state index in [9.17, 15) is 4.79 Å². The molecule has 0 spiro atoms. The third-order valence-electron chi connectivity index (χ3n) is 5.65. The second-order valence-corrected chi connectivity index (χ2v) is 7.64. The molecule has 4 rings (SSSR count). The van der Waals surface area contributed by atoms with Gasteiger partial charge in [0.15, 0.2) is 0 Å². The van der Waals surface area contributed by atoms with Gasteiger partial charge < -0.3 is 9.73 Å². The summed E-state index contributed by atoms with van der Waals surface area (Å²) in [4.78, 5) is 12.3. The fourth-order valence-electron chi connectivity index (χ4n) is 3.71. The van der Waals surface area contributed by atoms with Crippen LogP contribution in [-0.4, -0.2) is 22.6 Å². The standard InChI is InChI=1S/C23H25N3O2/c1-17-8-10-18(11-9-17)22-26-25-21(28-22)13-12-20(27)24-16-23(14-5-15-23)19-6-3-2-4-7-19/h2-4,6-11H,5,12-16H2,1H3,(H,24,27). The quantitative estimate of drug-likeness (QED) is 0.671. The fraction of sp³-hybridized carbons (Fsp3) is 0.348. The first kappa shape index (κ1) is 18.4. The van der Waals surface area contributed by atoms with Gasteiger partial charge in [-0.1, -0.05) is 54.4 Å². The zero-order chi connectivity index (χ0) is 19.4. The van der Waals surface area contributed by atoms with Crippen molar-refractivity contribution in [3.8, 4) is 11.5 Å². The molecule has 5 nitrogen and oxygen atoms in total. The molecular formula is C23H25N3O2. The van der Waals surface area contributed by atoms with Crippen molar-refractivity contribution < 1.29 is 9.21 Å². The highest BCUT2D eigenvalue weighted by Crippen LogP contribution is 2.43. The normalized spacial score (nSPS) is 15.0. The van der Waals surface area contributed by atoms with E-state index in [1.165, 1.54) is 17.5 Å². The van der Waals surface area contributed by atoms with Gasteiger partial charge in [0.25, 0.3) is 0 Å². The van der Waals surface area contributed by atoms with Gasteiger partial charge >= 0.3 is 0 Å². The number of hydrogen-bond donors (Lipinski definition) is 1. The SMILES string of the molecule is Cc1ccc(-c2nnc(CCC(=O)NCC3(c4ccccc4)CCC3)o2)cc1. The first-order valence-electron chi connectivity index (χ1n) is 9.86. The average Bonchev–Trinajstić information content (AvgIpc) is 3.16. The van der Waals surface area contributed by atoms with E-state index in [1.54, 1.807) is 0 Å². The van der Waals surface area contributed by atoms with Crippen molar-refractivity contribution in [1.29, 1.82) is 0 Å². The Balaban J connectivity index is 1.30. The summed E-state index contributed by atoms with van der Waals surface area (Å²) in [5.74, 6) is 1.01. The van der Waals surface area contributed by atoms with Gasteiger partial charge in [-0.2, -0.15) is 0 Å². The number of amides is 1. The topological polar surface area (TPSA) is 68.0 Å². The first-order valence-corrected chi connectivity index (χ1v) is 9.86. The Morgan fingerprint density at radius 1 is 1.07 bits per heavy atom. The van der Waals surface area contributed by atoms with Crippen molar-refractivity contribution in [3.05, 3.63) is 71.6 Å². The molecule has 1 amide bonds. The number of rotatable bonds is 7. The van der Waals surface area contributed by atoms with Gasteiger partial charge in [0.2, 0.25) is 17.7 Å². The zero-order valence-electron chi connectivity index (χ0n) is 16.1. The maximum absolute atomic E-state index is 12.3. The number of benzene rings is 2. The molecule has 1 fully saturated rings. The zero-order valence-corrected chi connectivity index (χ0v) is 16.1. The molecule has 0 saturated heterocycles. The van der Waals surface area contributed by atoms with E-state index >= 15 is 0 Å². The molecule has 0 aliphatic heterocycles. The van der Waals surface area contributed by atoms with E-state index in [2.05, 4.69) is 39.8 Å². The van der Waals surface area contributed by atoms with Crippen LogP contribution in [0.4, 0.5) is 0 Å². The Hall–Kier alpha value is -2.95. The average molecular weight is 375 g/mol. The molecule has 144 valence electrons. The maximum atomic E-state index is 12.3. The lowest BCUT2D eigenvalue weighted by atomic mass is 9.64. The van der Waals surface area contributed by atoms with Crippen LogP contribution in [0.3, 0.4) is 0 Å². The molecule has 1 aliphatic rings. The summed E-state index contributed by atoms with van der Waals surface area (Å²) in [7, 11) is 0. The summed E-state index contributed by atoms with van der Waals surface area (Å²) in [6.45, 7) is 2.72. The third-order valence-corrected chi connectivity index (χ3v) is 5.65. The Bertz CT molecular complexity index is 928. The molecule has 0 bridgehead atoms. The summed E-state index contributed by atoms with van der Waals surface area (Å²) in [6, 6.07) is 18.4. The van der Waals surface area contributed by atoms with Gasteiger partial charge in [-0.3, -0.25) is 4.79 Å². The number of nitrogens with one attached hydrogen (secondary N) is 1. The fourth-order valence-corrected chi connectivity index (χ4v) is 3.71. The largest absolute Gasteiger partial charge is 0.421 e.